The molecule has 0 aliphatic carbocycles. The summed E-state index contributed by atoms with van der Waals surface area (Å²) in [5.74, 6) is 1.06. The van der Waals surface area contributed by atoms with E-state index in [1.165, 1.54) is 23.9 Å². The lowest BCUT2D eigenvalue weighted by molar-refractivity contribution is -0.121. The van der Waals surface area contributed by atoms with Gasteiger partial charge in [-0.05, 0) is 36.4 Å². The number of benzene rings is 2. The average molecular weight is 474 g/mol. The topological polar surface area (TPSA) is 124 Å². The Hall–Kier alpha value is -2.98. The third-order valence-electron chi connectivity index (χ3n) is 5.29. The Morgan fingerprint density at radius 2 is 1.94 bits per heavy atom. The Morgan fingerprint density at radius 1 is 1.22 bits per heavy atom. The number of primary amides is 1. The van der Waals surface area contributed by atoms with Crippen molar-refractivity contribution in [3.8, 4) is 17.2 Å². The average Bonchev–Trinajstić information content (AvgIpc) is 3.39. The van der Waals surface area contributed by atoms with E-state index in [1.807, 2.05) is 19.1 Å². The van der Waals surface area contributed by atoms with Gasteiger partial charge in [0, 0.05) is 28.9 Å². The molecule has 2 unspecified atom stereocenters. The van der Waals surface area contributed by atoms with Crippen LogP contribution >= 0.6 is 11.8 Å². The maximum Gasteiger partial charge on any atom is 0.221 e. The summed E-state index contributed by atoms with van der Waals surface area (Å²) in [5.41, 5.74) is 7.07. The number of carbonyl (C=O) groups excluding carboxylic acids is 1. The number of carbonyl (C=O) groups is 1. The minimum absolute atomic E-state index is 0.0182. The fourth-order valence-electron chi connectivity index (χ4n) is 3.39. The number of hydrogen-bond acceptors (Lipinski definition) is 7. The van der Waals surface area contributed by atoms with Gasteiger partial charge in [-0.25, -0.2) is 8.42 Å². The molecule has 1 amide bonds. The molecule has 2 aromatic carbocycles. The number of ether oxygens (including phenoxy) is 2. The minimum Gasteiger partial charge on any atom is -0.494 e. The largest absolute Gasteiger partial charge is 0.494 e. The normalized spacial score (nSPS) is 17.2. The predicted molar refractivity (Wildman–Crippen MR) is 126 cm³/mol. The van der Waals surface area contributed by atoms with Crippen molar-refractivity contribution in [3.63, 3.8) is 0 Å². The molecule has 168 valence electrons. The molecule has 3 N–H and O–H groups in total. The summed E-state index contributed by atoms with van der Waals surface area (Å²) in [7, 11) is -1.69. The highest BCUT2D eigenvalue weighted by Crippen LogP contribution is 2.36. The van der Waals surface area contributed by atoms with Crippen LogP contribution in [0.1, 0.15) is 12.6 Å². The molecule has 1 aromatic heterocycles. The van der Waals surface area contributed by atoms with E-state index in [2.05, 4.69) is 9.98 Å². The molecule has 0 radical (unpaired) electrons. The number of rotatable bonds is 7. The molecule has 10 heteroatoms. The molecule has 0 spiro atoms. The molecule has 1 aliphatic rings. The Labute approximate surface area is 190 Å². The second kappa shape index (κ2) is 8.51. The number of aliphatic imine (C=N–C) groups is 1. The van der Waals surface area contributed by atoms with Gasteiger partial charge in [0.1, 0.15) is 22.3 Å². The van der Waals surface area contributed by atoms with E-state index in [-0.39, 0.29) is 22.0 Å². The van der Waals surface area contributed by atoms with Crippen LogP contribution in [0.25, 0.3) is 10.9 Å². The maximum atomic E-state index is 11.6. The first-order valence-corrected chi connectivity index (χ1v) is 12.6. The number of aromatic nitrogens is 1. The van der Waals surface area contributed by atoms with Crippen molar-refractivity contribution in [3.05, 3.63) is 48.2 Å². The number of fused-ring (bicyclic) bond motifs is 1. The number of nitrogens with one attached hydrogen (secondary N) is 1. The van der Waals surface area contributed by atoms with E-state index in [9.17, 15) is 13.2 Å². The molecule has 0 fully saturated rings. The third-order valence-corrected chi connectivity index (χ3v) is 7.85. The molecule has 3 aromatic rings. The number of hydrogen-bond donors (Lipinski definition) is 2. The summed E-state index contributed by atoms with van der Waals surface area (Å²) in [6.07, 6.45) is 1.16. The molecule has 0 saturated heterocycles. The molecule has 2 atom stereocenters. The summed E-state index contributed by atoms with van der Waals surface area (Å²) in [4.78, 5) is 19.7. The van der Waals surface area contributed by atoms with E-state index in [1.54, 1.807) is 25.3 Å². The standard InChI is InChI=1S/C22H23N3O5S2/c1-12(21(23)26)19-11-24-22(31-19)17-9-13-8-15(10-18(29-2)20(13)25-17)30-14-4-6-16(7-5-14)32(3,27)28/h4-10,12,19,25H,11H2,1-3H3,(H2,23,26). The Morgan fingerprint density at radius 3 is 2.56 bits per heavy atom. The lowest BCUT2D eigenvalue weighted by Crippen LogP contribution is -2.30. The molecule has 8 nitrogen and oxygen atoms in total. The summed E-state index contributed by atoms with van der Waals surface area (Å²) < 4.78 is 34.7. The van der Waals surface area contributed by atoms with Gasteiger partial charge in [0.05, 0.1) is 29.8 Å². The number of nitrogens with zero attached hydrogens (tertiary/aromatic N) is 1. The first-order chi connectivity index (χ1) is 15.2. The van der Waals surface area contributed by atoms with Gasteiger partial charge < -0.3 is 20.2 Å². The van der Waals surface area contributed by atoms with Gasteiger partial charge in [-0.3, -0.25) is 9.79 Å². The number of amides is 1. The second-order valence-corrected chi connectivity index (χ2v) is 10.9. The van der Waals surface area contributed by atoms with Crippen LogP contribution in [0.15, 0.2) is 52.4 Å². The zero-order chi connectivity index (χ0) is 23.0. The van der Waals surface area contributed by atoms with Crippen LogP contribution in [0.5, 0.6) is 17.2 Å². The molecular formula is C22H23N3O5S2. The third kappa shape index (κ3) is 4.46. The van der Waals surface area contributed by atoms with E-state index >= 15 is 0 Å². The van der Waals surface area contributed by atoms with Gasteiger partial charge in [-0.1, -0.05) is 18.7 Å². The van der Waals surface area contributed by atoms with E-state index in [0.717, 1.165) is 27.9 Å². The van der Waals surface area contributed by atoms with Gasteiger partial charge in [-0.15, -0.1) is 0 Å². The number of aromatic amines is 1. The molecule has 0 bridgehead atoms. The smallest absolute Gasteiger partial charge is 0.221 e. The van der Waals surface area contributed by atoms with Crippen LogP contribution < -0.4 is 15.2 Å². The highest BCUT2D eigenvalue weighted by atomic mass is 32.2. The number of thioether (sulfide) groups is 1. The summed E-state index contributed by atoms with van der Waals surface area (Å²) >= 11 is 1.54. The van der Waals surface area contributed by atoms with Crippen LogP contribution in [0.4, 0.5) is 0 Å². The monoisotopic (exact) mass is 473 g/mol. The number of H-pyrrole nitrogens is 1. The molecule has 1 aliphatic heterocycles. The number of nitrogens with two attached hydrogens (primary N) is 1. The summed E-state index contributed by atoms with van der Waals surface area (Å²) in [5, 5.41) is 1.71. The minimum atomic E-state index is -3.27. The molecule has 0 saturated carbocycles. The van der Waals surface area contributed by atoms with E-state index in [4.69, 9.17) is 15.2 Å². The van der Waals surface area contributed by atoms with Gasteiger partial charge in [0.15, 0.2) is 9.84 Å². The van der Waals surface area contributed by atoms with Crippen molar-refractivity contribution in [2.24, 2.45) is 16.6 Å². The van der Waals surface area contributed by atoms with Crippen LogP contribution in [0.3, 0.4) is 0 Å². The number of methoxy groups -OCH3 is 1. The lowest BCUT2D eigenvalue weighted by Gasteiger charge is -2.13. The Kier molecular flexibility index (Phi) is 5.91. The summed E-state index contributed by atoms with van der Waals surface area (Å²) in [6, 6.07) is 11.8. The van der Waals surface area contributed by atoms with Gasteiger partial charge >= 0.3 is 0 Å². The SMILES string of the molecule is COc1cc(Oc2ccc(S(C)(=O)=O)cc2)cc2cc(C3=NCC(C(C)C(N)=O)S3)[nH]c12. The first-order valence-electron chi connectivity index (χ1n) is 9.85. The van der Waals surface area contributed by atoms with E-state index < -0.39 is 9.84 Å². The Balaban J connectivity index is 1.60. The van der Waals surface area contributed by atoms with Crippen molar-refractivity contribution in [1.29, 1.82) is 0 Å². The van der Waals surface area contributed by atoms with Crippen LogP contribution in [-0.4, -0.2) is 49.5 Å². The molecule has 32 heavy (non-hydrogen) atoms. The summed E-state index contributed by atoms with van der Waals surface area (Å²) in [6.45, 7) is 2.35. The maximum absolute atomic E-state index is 11.6. The van der Waals surface area contributed by atoms with Crippen molar-refractivity contribution < 1.29 is 22.7 Å². The van der Waals surface area contributed by atoms with Crippen LogP contribution in [-0.2, 0) is 14.6 Å². The van der Waals surface area contributed by atoms with Crippen LogP contribution in [0, 0.1) is 5.92 Å². The fourth-order valence-corrected chi connectivity index (χ4v) is 5.18. The van der Waals surface area contributed by atoms with Gasteiger partial charge in [0.2, 0.25) is 5.91 Å². The van der Waals surface area contributed by atoms with Crippen molar-refractivity contribution in [2.45, 2.75) is 17.1 Å². The van der Waals surface area contributed by atoms with Gasteiger partial charge in [-0.2, -0.15) is 0 Å². The first kappa shape index (κ1) is 22.2. The molecular weight excluding hydrogens is 450 g/mol. The number of sulfone groups is 1. The molecule has 2 heterocycles. The van der Waals surface area contributed by atoms with Crippen molar-refractivity contribution in [1.82, 2.24) is 4.98 Å². The Bertz CT molecular complexity index is 1310. The lowest BCUT2D eigenvalue weighted by atomic mass is 10.1. The van der Waals surface area contributed by atoms with Crippen molar-refractivity contribution >= 4 is 43.5 Å². The second-order valence-electron chi connectivity index (χ2n) is 7.61. The van der Waals surface area contributed by atoms with Gasteiger partial charge in [0.25, 0.3) is 0 Å². The van der Waals surface area contributed by atoms with Crippen LogP contribution in [0.2, 0.25) is 0 Å². The zero-order valence-electron chi connectivity index (χ0n) is 17.8. The quantitative estimate of drug-likeness (QED) is 0.542. The van der Waals surface area contributed by atoms with E-state index in [0.29, 0.717) is 23.8 Å². The predicted octanol–water partition coefficient (Wildman–Crippen LogP) is 3.36. The zero-order valence-corrected chi connectivity index (χ0v) is 19.4. The molecule has 4 rings (SSSR count). The van der Waals surface area contributed by atoms with Crippen molar-refractivity contribution in [2.75, 3.05) is 19.9 Å². The highest BCUT2D eigenvalue weighted by molar-refractivity contribution is 8.15. The highest BCUT2D eigenvalue weighted by Gasteiger charge is 2.29. The fraction of sp³-hybridized carbons (Fsp3) is 0.273.